The minimum atomic E-state index is 0.663. The van der Waals surface area contributed by atoms with Crippen LogP contribution < -0.4 is 0 Å². The van der Waals surface area contributed by atoms with Crippen molar-refractivity contribution in [2.45, 2.75) is 0 Å². The van der Waals surface area contributed by atoms with Crippen LogP contribution in [0.3, 0.4) is 0 Å². The lowest BCUT2D eigenvalue weighted by molar-refractivity contribution is 1.08. The molecule has 2 aromatic heterocycles. The van der Waals surface area contributed by atoms with Gasteiger partial charge in [0.1, 0.15) is 0 Å². The third-order valence-corrected chi connectivity index (χ3v) is 10.5. The van der Waals surface area contributed by atoms with Crippen molar-refractivity contribution in [2.75, 3.05) is 0 Å². The second kappa shape index (κ2) is 10.3. The monoisotopic (exact) mass is 615 g/mol. The predicted octanol–water partition coefficient (Wildman–Crippen LogP) is 11.9. The molecule has 0 radical (unpaired) electrons. The number of rotatable bonds is 3. The van der Waals surface area contributed by atoms with Crippen LogP contribution in [0.15, 0.2) is 152 Å². The van der Waals surface area contributed by atoms with Crippen LogP contribution in [0, 0.1) is 0 Å². The maximum absolute atomic E-state index is 5.17. The Bertz CT molecular complexity index is 2850. The van der Waals surface area contributed by atoms with Crippen LogP contribution in [0.4, 0.5) is 0 Å². The lowest BCUT2D eigenvalue weighted by Crippen LogP contribution is -2.00. The van der Waals surface area contributed by atoms with Gasteiger partial charge in [-0.3, -0.25) is 0 Å². The molecule has 218 valence electrons. The number of thiophene rings is 1. The molecule has 47 heavy (non-hydrogen) atoms. The van der Waals surface area contributed by atoms with Crippen molar-refractivity contribution in [3.05, 3.63) is 152 Å². The van der Waals surface area contributed by atoms with Crippen molar-refractivity contribution >= 4 is 74.6 Å². The second-order valence-corrected chi connectivity index (χ2v) is 13.1. The van der Waals surface area contributed by atoms with E-state index in [4.69, 9.17) is 15.0 Å². The Kier molecular flexibility index (Phi) is 5.74. The molecule has 0 spiro atoms. The molecule has 0 saturated carbocycles. The van der Waals surface area contributed by atoms with Gasteiger partial charge in [0, 0.05) is 36.9 Å². The number of hydrogen-bond donors (Lipinski definition) is 0. The summed E-state index contributed by atoms with van der Waals surface area (Å²) < 4.78 is 2.54. The van der Waals surface area contributed by atoms with Crippen molar-refractivity contribution in [3.63, 3.8) is 0 Å². The summed E-state index contributed by atoms with van der Waals surface area (Å²) >= 11 is 1.82. The first-order valence-corrected chi connectivity index (χ1v) is 16.6. The van der Waals surface area contributed by atoms with Crippen LogP contribution in [-0.2, 0) is 0 Å². The summed E-state index contributed by atoms with van der Waals surface area (Å²) in [4.78, 5) is 15.3. The summed E-state index contributed by atoms with van der Waals surface area (Å²) in [6, 6.07) is 53.9. The predicted molar refractivity (Wildman–Crippen MR) is 199 cm³/mol. The van der Waals surface area contributed by atoms with Crippen LogP contribution in [0.25, 0.3) is 97.4 Å². The van der Waals surface area contributed by atoms with Gasteiger partial charge in [-0.2, -0.15) is 0 Å². The maximum atomic E-state index is 5.17. The van der Waals surface area contributed by atoms with E-state index in [1.807, 2.05) is 29.5 Å². The summed E-state index contributed by atoms with van der Waals surface area (Å²) in [6.45, 7) is 0. The summed E-state index contributed by atoms with van der Waals surface area (Å²) in [6.07, 6.45) is 0. The summed E-state index contributed by atoms with van der Waals surface area (Å²) in [5.41, 5.74) is 2.93. The third kappa shape index (κ3) is 4.16. The van der Waals surface area contributed by atoms with Crippen molar-refractivity contribution in [1.29, 1.82) is 0 Å². The van der Waals surface area contributed by atoms with Crippen LogP contribution in [-0.4, -0.2) is 15.0 Å². The molecule has 4 heteroatoms. The Morgan fingerprint density at radius 1 is 0.319 bits per heavy atom. The van der Waals surface area contributed by atoms with Crippen molar-refractivity contribution in [1.82, 2.24) is 15.0 Å². The summed E-state index contributed by atoms with van der Waals surface area (Å²) in [5, 5.41) is 12.3. The molecule has 0 amide bonds. The van der Waals surface area contributed by atoms with Gasteiger partial charge >= 0.3 is 0 Å². The van der Waals surface area contributed by atoms with E-state index in [-0.39, 0.29) is 0 Å². The van der Waals surface area contributed by atoms with Gasteiger partial charge in [0.2, 0.25) is 0 Å². The van der Waals surface area contributed by atoms with Gasteiger partial charge in [-0.1, -0.05) is 127 Å². The van der Waals surface area contributed by atoms with Gasteiger partial charge in [-0.25, -0.2) is 15.0 Å². The molecule has 8 aromatic carbocycles. The van der Waals surface area contributed by atoms with Gasteiger partial charge in [0.25, 0.3) is 0 Å². The zero-order chi connectivity index (χ0) is 30.9. The minimum absolute atomic E-state index is 0.663. The Balaban J connectivity index is 1.20. The van der Waals surface area contributed by atoms with E-state index in [2.05, 4.69) is 133 Å². The van der Waals surface area contributed by atoms with Crippen LogP contribution in [0.5, 0.6) is 0 Å². The lowest BCUT2D eigenvalue weighted by Gasteiger charge is -2.13. The van der Waals surface area contributed by atoms with Gasteiger partial charge < -0.3 is 0 Å². The molecule has 0 fully saturated rings. The first kappa shape index (κ1) is 26.3. The summed E-state index contributed by atoms with van der Waals surface area (Å²) in [5.74, 6) is 2.00. The molecule has 0 atom stereocenters. The van der Waals surface area contributed by atoms with Crippen LogP contribution >= 0.6 is 11.3 Å². The molecule has 0 bridgehead atoms. The summed E-state index contributed by atoms with van der Waals surface area (Å²) in [7, 11) is 0. The van der Waals surface area contributed by atoms with E-state index in [1.54, 1.807) is 0 Å². The van der Waals surface area contributed by atoms with E-state index in [9.17, 15) is 0 Å². The molecule has 0 aliphatic carbocycles. The Morgan fingerprint density at radius 3 is 1.72 bits per heavy atom. The van der Waals surface area contributed by atoms with Crippen molar-refractivity contribution in [2.24, 2.45) is 0 Å². The highest BCUT2D eigenvalue weighted by molar-refractivity contribution is 7.25. The Hall–Kier alpha value is -5.97. The fourth-order valence-electron chi connectivity index (χ4n) is 7.07. The fraction of sp³-hybridized carbons (Fsp3) is 0. The van der Waals surface area contributed by atoms with Crippen molar-refractivity contribution < 1.29 is 0 Å². The Labute approximate surface area is 274 Å². The smallest absolute Gasteiger partial charge is 0.164 e. The molecule has 0 unspecified atom stereocenters. The molecule has 0 aliphatic rings. The molecule has 0 N–H and O–H groups in total. The molecular formula is C43H25N3S. The van der Waals surface area contributed by atoms with E-state index in [0.29, 0.717) is 17.5 Å². The van der Waals surface area contributed by atoms with Gasteiger partial charge in [-0.15, -0.1) is 11.3 Å². The van der Waals surface area contributed by atoms with E-state index in [1.165, 1.54) is 57.9 Å². The number of aromatic nitrogens is 3. The molecule has 0 aliphatic heterocycles. The number of benzene rings is 8. The largest absolute Gasteiger partial charge is 0.208 e. The van der Waals surface area contributed by atoms with E-state index >= 15 is 0 Å². The van der Waals surface area contributed by atoms with Gasteiger partial charge in [-0.05, 0) is 67.4 Å². The van der Waals surface area contributed by atoms with Crippen LogP contribution in [0.2, 0.25) is 0 Å². The first-order chi connectivity index (χ1) is 23.3. The quantitative estimate of drug-likeness (QED) is 0.186. The molecule has 0 saturated heterocycles. The lowest BCUT2D eigenvalue weighted by atomic mass is 9.93. The average molecular weight is 616 g/mol. The van der Waals surface area contributed by atoms with Crippen LogP contribution in [0.1, 0.15) is 0 Å². The van der Waals surface area contributed by atoms with E-state index in [0.717, 1.165) is 22.1 Å². The Morgan fingerprint density at radius 2 is 0.894 bits per heavy atom. The maximum Gasteiger partial charge on any atom is 0.164 e. The third-order valence-electron chi connectivity index (χ3n) is 9.32. The normalized spacial score (nSPS) is 11.8. The van der Waals surface area contributed by atoms with Gasteiger partial charge in [0.05, 0.1) is 0 Å². The number of hydrogen-bond acceptors (Lipinski definition) is 4. The molecule has 10 rings (SSSR count). The number of nitrogens with zero attached hydrogens (tertiary/aromatic N) is 3. The minimum Gasteiger partial charge on any atom is -0.208 e. The zero-order valence-electron chi connectivity index (χ0n) is 25.2. The molecule has 3 nitrogen and oxygen atoms in total. The molecule has 2 heterocycles. The fourth-order valence-corrected chi connectivity index (χ4v) is 8.16. The van der Waals surface area contributed by atoms with E-state index < -0.39 is 0 Å². The second-order valence-electron chi connectivity index (χ2n) is 12.0. The first-order valence-electron chi connectivity index (χ1n) is 15.8. The zero-order valence-corrected chi connectivity index (χ0v) is 26.0. The topological polar surface area (TPSA) is 38.7 Å². The standard InChI is InChI=1S/C43H25N3S/c1-2-10-27(11-3-1)41-44-42(28-18-24-40-38(25-28)36-13-6-7-16-39(36)47-40)46-43(45-41)37-15-8-14-30-33-21-20-31-29-12-5-4-9-26(29)17-19-32(31)34(33)22-23-35(30)37/h1-25H. The highest BCUT2D eigenvalue weighted by Crippen LogP contribution is 2.39. The average Bonchev–Trinajstić information content (AvgIpc) is 3.52. The molecular weight excluding hydrogens is 591 g/mol. The molecule has 10 aromatic rings. The highest BCUT2D eigenvalue weighted by Gasteiger charge is 2.17. The SMILES string of the molecule is c1ccc(-c2nc(-c3ccc4sc5ccccc5c4c3)nc(-c3cccc4c3ccc3c4ccc4c5ccccc5ccc43)n2)cc1. The number of fused-ring (bicyclic) bond motifs is 10. The highest BCUT2D eigenvalue weighted by atomic mass is 32.1. The van der Waals surface area contributed by atoms with Crippen molar-refractivity contribution in [3.8, 4) is 34.2 Å². The van der Waals surface area contributed by atoms with Gasteiger partial charge in [0.15, 0.2) is 17.5 Å².